The molecule has 1 rings (SSSR count). The van der Waals surface area contributed by atoms with Gasteiger partial charge in [-0.25, -0.2) is 0 Å². The number of benzene rings is 1. The maximum absolute atomic E-state index is 10.6. The van der Waals surface area contributed by atoms with Crippen molar-refractivity contribution in [1.29, 1.82) is 0 Å². The average Bonchev–Trinajstić information content (AvgIpc) is 2.32. The molecule has 0 aliphatic carbocycles. The predicted molar refractivity (Wildman–Crippen MR) is 68.9 cm³/mol. The summed E-state index contributed by atoms with van der Waals surface area (Å²) in [4.78, 5) is 10.6. The average molecular weight is 255 g/mol. The first-order chi connectivity index (χ1) is 8.12. The highest BCUT2D eigenvalue weighted by Crippen LogP contribution is 2.36. The van der Waals surface area contributed by atoms with Gasteiger partial charge in [0, 0.05) is 0 Å². The third kappa shape index (κ3) is 3.49. The number of carbonyl (C=O) groups excluding carboxylic acids is 1. The standard InChI is InChI=1S/C13H15ClO3/c1-4-17-13-11(14)6-10(5-9(2)8-15)7-12(13)16-3/h5-8H,4H2,1-3H3. The van der Waals surface area contributed by atoms with Crippen molar-refractivity contribution in [2.24, 2.45) is 0 Å². The van der Waals surface area contributed by atoms with Crippen LogP contribution in [0.5, 0.6) is 11.5 Å². The lowest BCUT2D eigenvalue weighted by Gasteiger charge is -2.12. The molecule has 0 fully saturated rings. The van der Waals surface area contributed by atoms with Crippen molar-refractivity contribution in [3.8, 4) is 11.5 Å². The zero-order valence-corrected chi connectivity index (χ0v) is 10.9. The van der Waals surface area contributed by atoms with Crippen molar-refractivity contribution in [1.82, 2.24) is 0 Å². The summed E-state index contributed by atoms with van der Waals surface area (Å²) in [6.07, 6.45) is 2.52. The minimum atomic E-state index is 0.469. The molecule has 0 saturated carbocycles. The SMILES string of the molecule is CCOc1c(Cl)cc(C=C(C)C=O)cc1OC. The largest absolute Gasteiger partial charge is 0.493 e. The second kappa shape index (κ2) is 6.30. The molecular formula is C13H15ClO3. The van der Waals surface area contributed by atoms with Crippen LogP contribution in [0, 0.1) is 0 Å². The molecule has 0 heterocycles. The zero-order valence-electron chi connectivity index (χ0n) is 10.1. The van der Waals surface area contributed by atoms with Crippen LogP contribution in [0.25, 0.3) is 6.08 Å². The Labute approximate surface area is 106 Å². The van der Waals surface area contributed by atoms with E-state index in [-0.39, 0.29) is 0 Å². The van der Waals surface area contributed by atoms with Gasteiger partial charge in [0.15, 0.2) is 11.5 Å². The van der Waals surface area contributed by atoms with Crippen LogP contribution in [0.3, 0.4) is 0 Å². The maximum atomic E-state index is 10.6. The Bertz CT molecular complexity index is 439. The molecule has 3 nitrogen and oxygen atoms in total. The lowest BCUT2D eigenvalue weighted by Crippen LogP contribution is -1.96. The second-order valence-electron chi connectivity index (χ2n) is 3.47. The quantitative estimate of drug-likeness (QED) is 0.597. The molecule has 0 saturated heterocycles. The molecule has 0 amide bonds. The Kier molecular flexibility index (Phi) is 5.04. The van der Waals surface area contributed by atoms with Gasteiger partial charge in [0.25, 0.3) is 0 Å². The molecule has 1 aromatic carbocycles. The third-order valence-electron chi connectivity index (χ3n) is 2.12. The van der Waals surface area contributed by atoms with Gasteiger partial charge in [-0.15, -0.1) is 0 Å². The van der Waals surface area contributed by atoms with E-state index in [2.05, 4.69) is 0 Å². The molecule has 4 heteroatoms. The van der Waals surface area contributed by atoms with Gasteiger partial charge in [-0.3, -0.25) is 4.79 Å². The number of allylic oxidation sites excluding steroid dienone is 1. The molecule has 0 bridgehead atoms. The monoisotopic (exact) mass is 254 g/mol. The number of carbonyl (C=O) groups is 1. The first-order valence-corrected chi connectivity index (χ1v) is 5.64. The Hall–Kier alpha value is -1.48. The van der Waals surface area contributed by atoms with Crippen LogP contribution in [-0.2, 0) is 4.79 Å². The van der Waals surface area contributed by atoms with E-state index in [0.29, 0.717) is 28.7 Å². The van der Waals surface area contributed by atoms with Crippen LogP contribution in [0.1, 0.15) is 19.4 Å². The van der Waals surface area contributed by atoms with Gasteiger partial charge in [0.1, 0.15) is 6.29 Å². The minimum absolute atomic E-state index is 0.469. The van der Waals surface area contributed by atoms with Crippen molar-refractivity contribution in [2.75, 3.05) is 13.7 Å². The fraction of sp³-hybridized carbons (Fsp3) is 0.308. The summed E-state index contributed by atoms with van der Waals surface area (Å²) in [5, 5.41) is 0.469. The molecule has 0 spiro atoms. The summed E-state index contributed by atoms with van der Waals surface area (Å²) in [7, 11) is 1.55. The lowest BCUT2D eigenvalue weighted by atomic mass is 10.1. The van der Waals surface area contributed by atoms with E-state index < -0.39 is 0 Å². The highest BCUT2D eigenvalue weighted by Gasteiger charge is 2.10. The van der Waals surface area contributed by atoms with E-state index in [0.717, 1.165) is 11.8 Å². The van der Waals surface area contributed by atoms with Crippen molar-refractivity contribution in [3.05, 3.63) is 28.3 Å². The number of ether oxygens (including phenoxy) is 2. The molecule has 0 unspecified atom stereocenters. The molecule has 17 heavy (non-hydrogen) atoms. The topological polar surface area (TPSA) is 35.5 Å². The summed E-state index contributed by atoms with van der Waals surface area (Å²) in [6, 6.07) is 3.52. The first kappa shape index (κ1) is 13.6. The number of halogens is 1. The van der Waals surface area contributed by atoms with Crippen LogP contribution >= 0.6 is 11.6 Å². The molecular weight excluding hydrogens is 240 g/mol. The Balaban J connectivity index is 3.21. The van der Waals surface area contributed by atoms with Crippen LogP contribution in [0.4, 0.5) is 0 Å². The van der Waals surface area contributed by atoms with Crippen LogP contribution in [-0.4, -0.2) is 20.0 Å². The molecule has 1 aromatic rings. The molecule has 0 radical (unpaired) electrons. The van der Waals surface area contributed by atoms with Gasteiger partial charge in [-0.1, -0.05) is 11.6 Å². The van der Waals surface area contributed by atoms with Crippen molar-refractivity contribution in [3.63, 3.8) is 0 Å². The van der Waals surface area contributed by atoms with Crippen molar-refractivity contribution in [2.45, 2.75) is 13.8 Å². The molecule has 0 aromatic heterocycles. The highest BCUT2D eigenvalue weighted by atomic mass is 35.5. The lowest BCUT2D eigenvalue weighted by molar-refractivity contribution is -0.104. The van der Waals surface area contributed by atoms with E-state index >= 15 is 0 Å². The molecule has 92 valence electrons. The Morgan fingerprint density at radius 1 is 1.47 bits per heavy atom. The van der Waals surface area contributed by atoms with Crippen LogP contribution < -0.4 is 9.47 Å². The van der Waals surface area contributed by atoms with Crippen LogP contribution in [0.2, 0.25) is 5.02 Å². The molecule has 0 aliphatic rings. The molecule has 0 aliphatic heterocycles. The van der Waals surface area contributed by atoms with E-state index in [1.807, 2.05) is 6.92 Å². The summed E-state index contributed by atoms with van der Waals surface area (Å²) in [5.74, 6) is 1.09. The van der Waals surface area contributed by atoms with Gasteiger partial charge in [0.2, 0.25) is 0 Å². The molecule has 0 atom stereocenters. The van der Waals surface area contributed by atoms with E-state index in [4.69, 9.17) is 21.1 Å². The normalized spacial score (nSPS) is 11.2. The van der Waals surface area contributed by atoms with Crippen molar-refractivity contribution < 1.29 is 14.3 Å². The summed E-state index contributed by atoms with van der Waals surface area (Å²) >= 11 is 6.10. The van der Waals surface area contributed by atoms with Crippen LogP contribution in [0.15, 0.2) is 17.7 Å². The summed E-state index contributed by atoms with van der Waals surface area (Å²) < 4.78 is 10.6. The second-order valence-corrected chi connectivity index (χ2v) is 3.88. The summed E-state index contributed by atoms with van der Waals surface area (Å²) in [6.45, 7) is 4.11. The molecule has 0 N–H and O–H groups in total. The summed E-state index contributed by atoms with van der Waals surface area (Å²) in [5.41, 5.74) is 1.42. The number of hydrogen-bond donors (Lipinski definition) is 0. The Morgan fingerprint density at radius 3 is 2.71 bits per heavy atom. The third-order valence-corrected chi connectivity index (χ3v) is 2.40. The van der Waals surface area contributed by atoms with Gasteiger partial charge in [0.05, 0.1) is 18.7 Å². The van der Waals surface area contributed by atoms with Gasteiger partial charge < -0.3 is 9.47 Å². The number of methoxy groups -OCH3 is 1. The van der Waals surface area contributed by atoms with E-state index in [1.54, 1.807) is 32.2 Å². The smallest absolute Gasteiger partial charge is 0.179 e. The number of rotatable bonds is 5. The maximum Gasteiger partial charge on any atom is 0.179 e. The fourth-order valence-corrected chi connectivity index (χ4v) is 1.68. The minimum Gasteiger partial charge on any atom is -0.493 e. The number of aldehydes is 1. The first-order valence-electron chi connectivity index (χ1n) is 5.26. The number of hydrogen-bond acceptors (Lipinski definition) is 3. The van der Waals surface area contributed by atoms with Gasteiger partial charge >= 0.3 is 0 Å². The highest BCUT2D eigenvalue weighted by molar-refractivity contribution is 6.32. The van der Waals surface area contributed by atoms with Gasteiger partial charge in [-0.05, 0) is 43.2 Å². The fourth-order valence-electron chi connectivity index (χ4n) is 1.40. The van der Waals surface area contributed by atoms with Crippen molar-refractivity contribution >= 4 is 24.0 Å². The zero-order chi connectivity index (χ0) is 12.8. The predicted octanol–water partition coefficient (Wildman–Crippen LogP) is 3.35. The van der Waals surface area contributed by atoms with E-state index in [9.17, 15) is 4.79 Å². The van der Waals surface area contributed by atoms with Gasteiger partial charge in [-0.2, -0.15) is 0 Å². The van der Waals surface area contributed by atoms with E-state index in [1.165, 1.54) is 0 Å². The Morgan fingerprint density at radius 2 is 2.18 bits per heavy atom.